The van der Waals surface area contributed by atoms with Gasteiger partial charge in [-0.15, -0.1) is 0 Å². The van der Waals surface area contributed by atoms with Gasteiger partial charge in [0.2, 0.25) is 5.91 Å². The SMILES string of the molecule is CCc1cccc(C)c1NC(=O)CN(c1ccc(OC)cc1)S(=O)(=O)c1ccc(C)c([N+](=O)[O-])c1. The number of hydrogen-bond acceptors (Lipinski definition) is 6. The summed E-state index contributed by atoms with van der Waals surface area (Å²) in [7, 11) is -2.85. The summed E-state index contributed by atoms with van der Waals surface area (Å²) in [4.78, 5) is 23.6. The number of hydrogen-bond donors (Lipinski definition) is 1. The van der Waals surface area contributed by atoms with Gasteiger partial charge in [0.15, 0.2) is 0 Å². The second kappa shape index (κ2) is 10.6. The number of carbonyl (C=O) groups is 1. The predicted octanol–water partition coefficient (Wildman–Crippen LogP) is 4.62. The lowest BCUT2D eigenvalue weighted by molar-refractivity contribution is -0.385. The number of benzene rings is 3. The van der Waals surface area contributed by atoms with Gasteiger partial charge in [0.25, 0.3) is 15.7 Å². The van der Waals surface area contributed by atoms with Gasteiger partial charge in [0.05, 0.1) is 22.6 Å². The molecule has 0 saturated heterocycles. The largest absolute Gasteiger partial charge is 0.497 e. The van der Waals surface area contributed by atoms with E-state index in [-0.39, 0.29) is 16.3 Å². The quantitative estimate of drug-likeness (QED) is 0.340. The summed E-state index contributed by atoms with van der Waals surface area (Å²) in [6.07, 6.45) is 0.685. The van der Waals surface area contributed by atoms with E-state index in [0.717, 1.165) is 21.5 Å². The molecular weight excluding hydrogens is 470 g/mol. The predicted molar refractivity (Wildman–Crippen MR) is 135 cm³/mol. The Labute approximate surface area is 204 Å². The molecule has 0 aromatic heterocycles. The second-order valence-electron chi connectivity index (χ2n) is 7.93. The van der Waals surface area contributed by atoms with Crippen LogP contribution in [0, 0.1) is 24.0 Å². The van der Waals surface area contributed by atoms with Crippen molar-refractivity contribution in [2.75, 3.05) is 23.3 Å². The van der Waals surface area contributed by atoms with Crippen molar-refractivity contribution in [3.8, 4) is 5.75 Å². The fourth-order valence-corrected chi connectivity index (χ4v) is 5.09. The molecule has 0 bridgehead atoms. The number of nitrogens with one attached hydrogen (secondary N) is 1. The van der Waals surface area contributed by atoms with Gasteiger partial charge in [-0.1, -0.05) is 31.2 Å². The first-order valence-corrected chi connectivity index (χ1v) is 12.3. The third-order valence-corrected chi connectivity index (χ3v) is 7.39. The van der Waals surface area contributed by atoms with E-state index in [1.54, 1.807) is 12.1 Å². The highest BCUT2D eigenvalue weighted by Crippen LogP contribution is 2.29. The molecule has 0 fully saturated rings. The summed E-state index contributed by atoms with van der Waals surface area (Å²) >= 11 is 0. The van der Waals surface area contributed by atoms with E-state index in [1.807, 2.05) is 32.0 Å². The Morgan fingerprint density at radius 2 is 1.74 bits per heavy atom. The van der Waals surface area contributed by atoms with Gasteiger partial charge in [-0.25, -0.2) is 8.42 Å². The molecule has 0 aliphatic rings. The van der Waals surface area contributed by atoms with E-state index in [1.165, 1.54) is 38.3 Å². The molecule has 0 radical (unpaired) electrons. The molecule has 1 N–H and O–H groups in total. The van der Waals surface area contributed by atoms with Crippen LogP contribution < -0.4 is 14.4 Å². The molecule has 3 aromatic rings. The highest BCUT2D eigenvalue weighted by molar-refractivity contribution is 7.92. The number of sulfonamides is 1. The van der Waals surface area contributed by atoms with E-state index in [4.69, 9.17) is 4.74 Å². The number of nitrogens with zero attached hydrogens (tertiary/aromatic N) is 2. The summed E-state index contributed by atoms with van der Waals surface area (Å²) in [5.74, 6) is -0.0379. The van der Waals surface area contributed by atoms with Crippen molar-refractivity contribution in [1.29, 1.82) is 0 Å². The molecular formula is C25H27N3O6S. The molecule has 0 unspecified atom stereocenters. The number of aryl methyl sites for hydroxylation is 3. The van der Waals surface area contributed by atoms with Gasteiger partial charge in [-0.2, -0.15) is 0 Å². The zero-order valence-electron chi connectivity index (χ0n) is 19.9. The van der Waals surface area contributed by atoms with Crippen LogP contribution in [0.2, 0.25) is 0 Å². The molecule has 1 amide bonds. The topological polar surface area (TPSA) is 119 Å². The van der Waals surface area contributed by atoms with Crippen LogP contribution in [0.1, 0.15) is 23.6 Å². The standard InChI is InChI=1S/C25H27N3O6S/c1-5-19-8-6-7-18(3)25(19)26-24(29)16-27(20-10-12-21(34-4)13-11-20)35(32,33)22-14-9-17(2)23(15-22)28(30)31/h6-15H,5,16H2,1-4H3,(H,26,29). The normalized spacial score (nSPS) is 11.1. The molecule has 0 spiro atoms. The molecule has 184 valence electrons. The van der Waals surface area contributed by atoms with Gasteiger partial charge in [-0.3, -0.25) is 19.2 Å². The molecule has 0 aliphatic carbocycles. The third-order valence-electron chi connectivity index (χ3n) is 5.62. The Bertz CT molecular complexity index is 1350. The average molecular weight is 498 g/mol. The van der Waals surface area contributed by atoms with Crippen molar-refractivity contribution in [2.45, 2.75) is 32.1 Å². The number of anilines is 2. The lowest BCUT2D eigenvalue weighted by atomic mass is 10.1. The molecule has 9 nitrogen and oxygen atoms in total. The third kappa shape index (κ3) is 5.60. The minimum absolute atomic E-state index is 0.213. The maximum Gasteiger partial charge on any atom is 0.273 e. The minimum Gasteiger partial charge on any atom is -0.497 e. The van der Waals surface area contributed by atoms with Crippen molar-refractivity contribution >= 4 is 33.0 Å². The zero-order valence-corrected chi connectivity index (χ0v) is 20.8. The highest BCUT2D eigenvalue weighted by Gasteiger charge is 2.29. The Kier molecular flexibility index (Phi) is 7.75. The Hall–Kier alpha value is -3.92. The number of methoxy groups -OCH3 is 1. The van der Waals surface area contributed by atoms with Crippen LogP contribution >= 0.6 is 0 Å². The first kappa shape index (κ1) is 25.7. The molecule has 0 aliphatic heterocycles. The van der Waals surface area contributed by atoms with Crippen LogP contribution in [-0.4, -0.2) is 32.9 Å². The van der Waals surface area contributed by atoms with Crippen LogP contribution in [0.3, 0.4) is 0 Å². The Morgan fingerprint density at radius 1 is 1.06 bits per heavy atom. The average Bonchev–Trinajstić information content (AvgIpc) is 2.83. The maximum absolute atomic E-state index is 13.6. The van der Waals surface area contributed by atoms with Crippen LogP contribution in [-0.2, 0) is 21.2 Å². The van der Waals surface area contributed by atoms with Crippen molar-refractivity contribution in [3.63, 3.8) is 0 Å². The van der Waals surface area contributed by atoms with E-state index >= 15 is 0 Å². The van der Waals surface area contributed by atoms with Crippen LogP contribution in [0.25, 0.3) is 0 Å². The summed E-state index contributed by atoms with van der Waals surface area (Å²) in [5.41, 5.74) is 2.63. The smallest absolute Gasteiger partial charge is 0.273 e. The lowest BCUT2D eigenvalue weighted by Gasteiger charge is -2.25. The van der Waals surface area contributed by atoms with E-state index in [0.29, 0.717) is 23.4 Å². The van der Waals surface area contributed by atoms with Gasteiger partial charge >= 0.3 is 0 Å². The number of nitro benzene ring substituents is 1. The van der Waals surface area contributed by atoms with Gasteiger partial charge in [0.1, 0.15) is 12.3 Å². The van der Waals surface area contributed by atoms with Crippen LogP contribution in [0.5, 0.6) is 5.75 Å². The Morgan fingerprint density at radius 3 is 2.34 bits per heavy atom. The van der Waals surface area contributed by atoms with Crippen molar-refractivity contribution in [2.24, 2.45) is 0 Å². The van der Waals surface area contributed by atoms with Gasteiger partial charge in [0, 0.05) is 17.3 Å². The number of rotatable bonds is 9. The molecule has 0 atom stereocenters. The highest BCUT2D eigenvalue weighted by atomic mass is 32.2. The number of para-hydroxylation sites is 1. The minimum atomic E-state index is -4.33. The van der Waals surface area contributed by atoms with Gasteiger partial charge < -0.3 is 10.1 Å². The summed E-state index contributed by atoms with van der Waals surface area (Å²) in [5, 5.41) is 14.2. The molecule has 0 saturated carbocycles. The van der Waals surface area contributed by atoms with Crippen LogP contribution in [0.15, 0.2) is 65.6 Å². The number of carbonyl (C=O) groups excluding carboxylic acids is 1. The molecule has 35 heavy (non-hydrogen) atoms. The zero-order chi connectivity index (χ0) is 25.8. The fourth-order valence-electron chi connectivity index (χ4n) is 3.65. The molecule has 0 heterocycles. The lowest BCUT2D eigenvalue weighted by Crippen LogP contribution is -2.38. The maximum atomic E-state index is 13.6. The first-order valence-electron chi connectivity index (χ1n) is 10.9. The van der Waals surface area contributed by atoms with Gasteiger partial charge in [-0.05, 0) is 61.7 Å². The van der Waals surface area contributed by atoms with E-state index in [2.05, 4.69) is 5.32 Å². The van der Waals surface area contributed by atoms with Crippen molar-refractivity contribution in [3.05, 3.63) is 87.5 Å². The first-order chi connectivity index (χ1) is 16.6. The number of ether oxygens (including phenoxy) is 1. The molecule has 3 rings (SSSR count). The molecule has 3 aromatic carbocycles. The fraction of sp³-hybridized carbons (Fsp3) is 0.240. The van der Waals surface area contributed by atoms with Crippen molar-refractivity contribution < 1.29 is 22.9 Å². The summed E-state index contributed by atoms with van der Waals surface area (Å²) in [6, 6.07) is 15.5. The Balaban J connectivity index is 2.04. The monoisotopic (exact) mass is 497 g/mol. The van der Waals surface area contributed by atoms with Crippen molar-refractivity contribution in [1.82, 2.24) is 0 Å². The van der Waals surface area contributed by atoms with E-state index < -0.39 is 27.4 Å². The number of nitro groups is 1. The summed E-state index contributed by atoms with van der Waals surface area (Å²) in [6.45, 7) is 4.81. The second-order valence-corrected chi connectivity index (χ2v) is 9.79. The number of amides is 1. The van der Waals surface area contributed by atoms with E-state index in [9.17, 15) is 23.3 Å². The summed E-state index contributed by atoms with van der Waals surface area (Å²) < 4.78 is 33.4. The van der Waals surface area contributed by atoms with Crippen LogP contribution in [0.4, 0.5) is 17.1 Å². The molecule has 10 heteroatoms.